The average molecular weight is 312 g/mol. The summed E-state index contributed by atoms with van der Waals surface area (Å²) in [5.74, 6) is 0. The SMILES string of the molecule is Cc1cc(Br)cc(C(O)c2cccc(Cl)c2)c1. The predicted octanol–water partition coefficient (Wildman–Crippen LogP) is 4.49. The number of rotatable bonds is 2. The lowest BCUT2D eigenvalue weighted by Crippen LogP contribution is -2.00. The second kappa shape index (κ2) is 5.21. The Hall–Kier alpha value is -0.830. The zero-order valence-corrected chi connectivity index (χ0v) is 11.7. The zero-order chi connectivity index (χ0) is 12.4. The molecule has 0 bridgehead atoms. The highest BCUT2D eigenvalue weighted by Crippen LogP contribution is 2.27. The number of benzene rings is 2. The van der Waals surface area contributed by atoms with E-state index in [1.54, 1.807) is 12.1 Å². The maximum absolute atomic E-state index is 10.3. The quantitative estimate of drug-likeness (QED) is 0.866. The first kappa shape index (κ1) is 12.6. The van der Waals surface area contributed by atoms with Crippen LogP contribution in [0, 0.1) is 6.92 Å². The van der Waals surface area contributed by atoms with Crippen molar-refractivity contribution in [2.75, 3.05) is 0 Å². The van der Waals surface area contributed by atoms with Crippen molar-refractivity contribution in [1.29, 1.82) is 0 Å². The van der Waals surface area contributed by atoms with Gasteiger partial charge in [0.1, 0.15) is 6.10 Å². The van der Waals surface area contributed by atoms with Gasteiger partial charge in [0.05, 0.1) is 0 Å². The lowest BCUT2D eigenvalue weighted by molar-refractivity contribution is 0.220. The molecular weight excluding hydrogens is 300 g/mol. The molecule has 0 aliphatic heterocycles. The summed E-state index contributed by atoms with van der Waals surface area (Å²) in [4.78, 5) is 0. The Morgan fingerprint density at radius 1 is 1.12 bits per heavy atom. The Balaban J connectivity index is 2.39. The van der Waals surface area contributed by atoms with Crippen LogP contribution in [-0.4, -0.2) is 5.11 Å². The smallest absolute Gasteiger partial charge is 0.104 e. The van der Waals surface area contributed by atoms with E-state index in [1.165, 1.54) is 0 Å². The van der Waals surface area contributed by atoms with Crippen molar-refractivity contribution in [2.45, 2.75) is 13.0 Å². The van der Waals surface area contributed by atoms with E-state index in [4.69, 9.17) is 11.6 Å². The summed E-state index contributed by atoms with van der Waals surface area (Å²) in [7, 11) is 0. The highest BCUT2D eigenvalue weighted by molar-refractivity contribution is 9.10. The topological polar surface area (TPSA) is 20.2 Å². The van der Waals surface area contributed by atoms with Gasteiger partial charge in [-0.05, 0) is 47.9 Å². The molecule has 3 heteroatoms. The van der Waals surface area contributed by atoms with E-state index in [1.807, 2.05) is 37.3 Å². The Bertz CT molecular complexity index is 519. The number of hydrogen-bond acceptors (Lipinski definition) is 1. The van der Waals surface area contributed by atoms with Gasteiger partial charge in [0, 0.05) is 9.50 Å². The monoisotopic (exact) mass is 310 g/mol. The van der Waals surface area contributed by atoms with E-state index in [2.05, 4.69) is 15.9 Å². The highest BCUT2D eigenvalue weighted by atomic mass is 79.9. The summed E-state index contributed by atoms with van der Waals surface area (Å²) in [6.45, 7) is 2.00. The Kier molecular flexibility index (Phi) is 3.87. The lowest BCUT2D eigenvalue weighted by Gasteiger charge is -2.13. The van der Waals surface area contributed by atoms with Gasteiger partial charge in [0.15, 0.2) is 0 Å². The summed E-state index contributed by atoms with van der Waals surface area (Å²) in [6.07, 6.45) is -0.648. The van der Waals surface area contributed by atoms with Crippen molar-refractivity contribution >= 4 is 27.5 Å². The third-order valence-corrected chi connectivity index (χ3v) is 3.24. The molecular formula is C14H12BrClO. The molecule has 1 nitrogen and oxygen atoms in total. The van der Waals surface area contributed by atoms with Crippen LogP contribution in [-0.2, 0) is 0 Å². The summed E-state index contributed by atoms with van der Waals surface area (Å²) < 4.78 is 0.966. The van der Waals surface area contributed by atoms with Crippen LogP contribution < -0.4 is 0 Å². The van der Waals surface area contributed by atoms with E-state index >= 15 is 0 Å². The molecule has 88 valence electrons. The molecule has 2 rings (SSSR count). The molecule has 17 heavy (non-hydrogen) atoms. The number of aryl methyl sites for hydroxylation is 1. The van der Waals surface area contributed by atoms with Gasteiger partial charge in [-0.3, -0.25) is 0 Å². The third-order valence-electron chi connectivity index (χ3n) is 2.54. The maximum Gasteiger partial charge on any atom is 0.104 e. The van der Waals surface area contributed by atoms with Crippen molar-refractivity contribution in [2.24, 2.45) is 0 Å². The summed E-state index contributed by atoms with van der Waals surface area (Å²) in [5, 5.41) is 10.9. The molecule has 2 aromatic rings. The predicted molar refractivity (Wildman–Crippen MR) is 74.4 cm³/mol. The minimum absolute atomic E-state index is 0.633. The van der Waals surface area contributed by atoms with Crippen LogP contribution in [0.1, 0.15) is 22.8 Å². The van der Waals surface area contributed by atoms with E-state index in [9.17, 15) is 5.11 Å². The molecule has 0 aliphatic carbocycles. The fourth-order valence-electron chi connectivity index (χ4n) is 1.79. The molecule has 0 spiro atoms. The van der Waals surface area contributed by atoms with Crippen LogP contribution in [0.2, 0.25) is 5.02 Å². The van der Waals surface area contributed by atoms with Gasteiger partial charge < -0.3 is 5.11 Å². The molecule has 0 amide bonds. The van der Waals surface area contributed by atoms with E-state index in [0.717, 1.165) is 21.2 Å². The third kappa shape index (κ3) is 3.09. The van der Waals surface area contributed by atoms with Gasteiger partial charge in [-0.1, -0.05) is 45.7 Å². The van der Waals surface area contributed by atoms with Crippen LogP contribution in [0.25, 0.3) is 0 Å². The normalized spacial score (nSPS) is 12.5. The second-order valence-corrected chi connectivity index (χ2v) is 5.37. The molecule has 0 aromatic heterocycles. The number of halogens is 2. The van der Waals surface area contributed by atoms with Gasteiger partial charge in [-0.15, -0.1) is 0 Å². The van der Waals surface area contributed by atoms with E-state index in [-0.39, 0.29) is 0 Å². The number of hydrogen-bond donors (Lipinski definition) is 1. The van der Waals surface area contributed by atoms with Gasteiger partial charge in [0.2, 0.25) is 0 Å². The molecule has 1 N–H and O–H groups in total. The molecule has 0 fully saturated rings. The molecule has 2 aromatic carbocycles. The fourth-order valence-corrected chi connectivity index (χ4v) is 2.62. The summed E-state index contributed by atoms with van der Waals surface area (Å²) >= 11 is 9.35. The second-order valence-electron chi connectivity index (χ2n) is 4.02. The first-order valence-corrected chi connectivity index (χ1v) is 6.44. The lowest BCUT2D eigenvalue weighted by atomic mass is 10.0. The van der Waals surface area contributed by atoms with Crippen LogP contribution in [0.5, 0.6) is 0 Å². The minimum Gasteiger partial charge on any atom is -0.384 e. The largest absolute Gasteiger partial charge is 0.384 e. The van der Waals surface area contributed by atoms with Crippen molar-refractivity contribution in [3.63, 3.8) is 0 Å². The first-order valence-electron chi connectivity index (χ1n) is 5.27. The summed E-state index contributed by atoms with van der Waals surface area (Å²) in [6, 6.07) is 13.2. The van der Waals surface area contributed by atoms with Gasteiger partial charge >= 0.3 is 0 Å². The van der Waals surface area contributed by atoms with Gasteiger partial charge in [-0.25, -0.2) is 0 Å². The van der Waals surface area contributed by atoms with Crippen LogP contribution in [0.4, 0.5) is 0 Å². The van der Waals surface area contributed by atoms with E-state index in [0.29, 0.717) is 5.02 Å². The Labute approximate surface area is 114 Å². The fraction of sp³-hybridized carbons (Fsp3) is 0.143. The minimum atomic E-state index is -0.648. The molecule has 0 radical (unpaired) electrons. The van der Waals surface area contributed by atoms with Crippen molar-refractivity contribution in [3.8, 4) is 0 Å². The van der Waals surface area contributed by atoms with Crippen molar-refractivity contribution in [3.05, 3.63) is 68.7 Å². The number of aliphatic hydroxyl groups excluding tert-OH is 1. The average Bonchev–Trinajstić information content (AvgIpc) is 2.26. The van der Waals surface area contributed by atoms with Crippen LogP contribution in [0.15, 0.2) is 46.9 Å². The van der Waals surface area contributed by atoms with E-state index < -0.39 is 6.10 Å². The molecule has 0 aliphatic rings. The zero-order valence-electron chi connectivity index (χ0n) is 9.32. The maximum atomic E-state index is 10.3. The van der Waals surface area contributed by atoms with Crippen LogP contribution in [0.3, 0.4) is 0 Å². The Morgan fingerprint density at radius 2 is 1.88 bits per heavy atom. The molecule has 0 heterocycles. The molecule has 1 atom stereocenters. The molecule has 0 saturated carbocycles. The standard InChI is InChI=1S/C14H12BrClO/c1-9-5-11(7-12(15)6-9)14(17)10-3-2-4-13(16)8-10/h2-8,14,17H,1H3. The van der Waals surface area contributed by atoms with Gasteiger partial charge in [-0.2, -0.15) is 0 Å². The van der Waals surface area contributed by atoms with Crippen molar-refractivity contribution in [1.82, 2.24) is 0 Å². The Morgan fingerprint density at radius 3 is 2.53 bits per heavy atom. The summed E-state index contributed by atoms with van der Waals surface area (Å²) in [5.41, 5.74) is 2.77. The molecule has 0 saturated heterocycles. The first-order chi connectivity index (χ1) is 8.06. The van der Waals surface area contributed by atoms with Crippen LogP contribution >= 0.6 is 27.5 Å². The van der Waals surface area contributed by atoms with Gasteiger partial charge in [0.25, 0.3) is 0 Å². The van der Waals surface area contributed by atoms with Crippen molar-refractivity contribution < 1.29 is 5.11 Å². The molecule has 1 unspecified atom stereocenters. The highest BCUT2D eigenvalue weighted by Gasteiger charge is 2.11. The number of aliphatic hydroxyl groups is 1.